The van der Waals surface area contributed by atoms with E-state index >= 15 is 0 Å². The topological polar surface area (TPSA) is 61.4 Å². The number of urea groups is 1. The first-order chi connectivity index (χ1) is 10.5. The lowest BCUT2D eigenvalue weighted by Crippen LogP contribution is -2.27. The Morgan fingerprint density at radius 3 is 2.27 bits per heavy atom. The number of amides is 3. The van der Waals surface area contributed by atoms with Gasteiger partial charge >= 0.3 is 6.03 Å². The molecule has 0 saturated heterocycles. The number of anilines is 2. The van der Waals surface area contributed by atoms with Gasteiger partial charge in [-0.3, -0.25) is 4.79 Å². The van der Waals surface area contributed by atoms with Gasteiger partial charge in [-0.2, -0.15) is 0 Å². The van der Waals surface area contributed by atoms with E-state index < -0.39 is 0 Å². The van der Waals surface area contributed by atoms with Crippen LogP contribution >= 0.6 is 0 Å². The number of carbonyl (C=O) groups is 2. The third-order valence-electron chi connectivity index (χ3n) is 3.01. The number of rotatable bonds is 4. The van der Waals surface area contributed by atoms with Gasteiger partial charge in [-0.15, -0.1) is 0 Å². The maximum atomic E-state index is 12.0. The third-order valence-corrected chi connectivity index (χ3v) is 3.01. The quantitative estimate of drug-likeness (QED) is 0.911. The zero-order valence-corrected chi connectivity index (χ0v) is 12.7. The Kier molecular flexibility index (Phi) is 5.14. The summed E-state index contributed by atoms with van der Waals surface area (Å²) in [6.45, 7) is 0. The van der Waals surface area contributed by atoms with Gasteiger partial charge in [-0.25, -0.2) is 4.79 Å². The lowest BCUT2D eigenvalue weighted by atomic mass is 10.1. The van der Waals surface area contributed by atoms with E-state index in [1.807, 2.05) is 42.5 Å². The number of carbonyl (C=O) groups excluding carboxylic acids is 2. The van der Waals surface area contributed by atoms with Gasteiger partial charge in [-0.1, -0.05) is 30.3 Å². The predicted molar refractivity (Wildman–Crippen MR) is 87.9 cm³/mol. The van der Waals surface area contributed by atoms with E-state index in [-0.39, 0.29) is 18.4 Å². The van der Waals surface area contributed by atoms with Gasteiger partial charge in [0.2, 0.25) is 5.91 Å². The first kappa shape index (κ1) is 15.6. The molecule has 0 fully saturated rings. The van der Waals surface area contributed by atoms with E-state index in [1.165, 1.54) is 4.90 Å². The van der Waals surface area contributed by atoms with E-state index in [4.69, 9.17) is 0 Å². The Balaban J connectivity index is 1.98. The standard InChI is InChI=1S/C17H19N3O2/c1-20(2)17(22)19-15-10-6-7-13(11-15)12-16(21)18-14-8-4-3-5-9-14/h3-11H,12H2,1-2H3,(H,18,21)(H,19,22). The molecule has 0 atom stereocenters. The molecule has 5 nitrogen and oxygen atoms in total. The van der Waals surface area contributed by atoms with Crippen LogP contribution in [0.1, 0.15) is 5.56 Å². The summed E-state index contributed by atoms with van der Waals surface area (Å²) < 4.78 is 0. The van der Waals surface area contributed by atoms with Crippen LogP contribution in [-0.2, 0) is 11.2 Å². The fourth-order valence-corrected chi connectivity index (χ4v) is 1.91. The molecule has 2 aromatic carbocycles. The van der Waals surface area contributed by atoms with E-state index in [1.54, 1.807) is 26.2 Å². The molecule has 114 valence electrons. The summed E-state index contributed by atoms with van der Waals surface area (Å²) in [7, 11) is 3.35. The monoisotopic (exact) mass is 297 g/mol. The number of benzene rings is 2. The molecular weight excluding hydrogens is 278 g/mol. The molecule has 0 radical (unpaired) electrons. The lowest BCUT2D eigenvalue weighted by molar-refractivity contribution is -0.115. The first-order valence-corrected chi connectivity index (χ1v) is 6.97. The van der Waals surface area contributed by atoms with E-state index in [2.05, 4.69) is 10.6 Å². The van der Waals surface area contributed by atoms with Crippen molar-refractivity contribution in [2.75, 3.05) is 24.7 Å². The van der Waals surface area contributed by atoms with Gasteiger partial charge in [0.05, 0.1) is 6.42 Å². The van der Waals surface area contributed by atoms with Crippen molar-refractivity contribution in [2.24, 2.45) is 0 Å². The molecule has 0 saturated carbocycles. The summed E-state index contributed by atoms with van der Waals surface area (Å²) in [5.74, 6) is -0.0951. The van der Waals surface area contributed by atoms with Gasteiger partial charge in [0.1, 0.15) is 0 Å². The predicted octanol–water partition coefficient (Wildman–Crippen LogP) is 2.96. The Morgan fingerprint density at radius 1 is 0.909 bits per heavy atom. The number of nitrogens with one attached hydrogen (secondary N) is 2. The van der Waals surface area contributed by atoms with Crippen LogP contribution in [0, 0.1) is 0 Å². The Bertz CT molecular complexity index is 654. The van der Waals surface area contributed by atoms with Crippen molar-refractivity contribution >= 4 is 23.3 Å². The Hall–Kier alpha value is -2.82. The molecular formula is C17H19N3O2. The normalized spacial score (nSPS) is 9.91. The highest BCUT2D eigenvalue weighted by molar-refractivity contribution is 5.93. The smallest absolute Gasteiger partial charge is 0.321 e. The maximum absolute atomic E-state index is 12.0. The van der Waals surface area contributed by atoms with E-state index in [0.717, 1.165) is 11.3 Å². The van der Waals surface area contributed by atoms with Crippen molar-refractivity contribution in [3.05, 3.63) is 60.2 Å². The molecule has 2 rings (SSSR count). The minimum absolute atomic E-state index is 0.0951. The highest BCUT2D eigenvalue weighted by Gasteiger charge is 2.07. The van der Waals surface area contributed by atoms with E-state index in [9.17, 15) is 9.59 Å². The molecule has 5 heteroatoms. The molecule has 0 aliphatic heterocycles. The van der Waals surface area contributed by atoms with Gasteiger partial charge < -0.3 is 15.5 Å². The highest BCUT2D eigenvalue weighted by atomic mass is 16.2. The summed E-state index contributed by atoms with van der Waals surface area (Å²) in [5, 5.41) is 5.59. The van der Waals surface area contributed by atoms with Crippen molar-refractivity contribution in [3.63, 3.8) is 0 Å². The first-order valence-electron chi connectivity index (χ1n) is 6.97. The van der Waals surface area contributed by atoms with Crippen LogP contribution in [0.15, 0.2) is 54.6 Å². The fraction of sp³-hybridized carbons (Fsp3) is 0.176. The number of hydrogen-bond donors (Lipinski definition) is 2. The van der Waals surface area contributed by atoms with Crippen LogP contribution in [0.4, 0.5) is 16.2 Å². The summed E-state index contributed by atoms with van der Waals surface area (Å²) in [6, 6.07) is 16.4. The molecule has 0 spiro atoms. The van der Waals surface area contributed by atoms with Crippen molar-refractivity contribution in [2.45, 2.75) is 6.42 Å². The average molecular weight is 297 g/mol. The van der Waals surface area contributed by atoms with Gasteiger partial charge in [0, 0.05) is 25.5 Å². The number of nitrogens with zero attached hydrogens (tertiary/aromatic N) is 1. The largest absolute Gasteiger partial charge is 0.331 e. The molecule has 0 unspecified atom stereocenters. The van der Waals surface area contributed by atoms with Gasteiger partial charge in [0.15, 0.2) is 0 Å². The molecule has 2 N–H and O–H groups in total. The van der Waals surface area contributed by atoms with Crippen molar-refractivity contribution in [1.82, 2.24) is 4.90 Å². The van der Waals surface area contributed by atoms with Crippen molar-refractivity contribution in [3.8, 4) is 0 Å². The second kappa shape index (κ2) is 7.26. The SMILES string of the molecule is CN(C)C(=O)Nc1cccc(CC(=O)Nc2ccccc2)c1. The van der Waals surface area contributed by atoms with Crippen LogP contribution in [0.2, 0.25) is 0 Å². The molecule has 22 heavy (non-hydrogen) atoms. The Morgan fingerprint density at radius 2 is 1.59 bits per heavy atom. The number of hydrogen-bond acceptors (Lipinski definition) is 2. The Labute approximate surface area is 129 Å². The van der Waals surface area contributed by atoms with Crippen LogP contribution in [-0.4, -0.2) is 30.9 Å². The zero-order valence-electron chi connectivity index (χ0n) is 12.7. The summed E-state index contributed by atoms with van der Waals surface area (Å²) in [6.07, 6.45) is 0.251. The van der Waals surface area contributed by atoms with Crippen molar-refractivity contribution < 1.29 is 9.59 Å². The van der Waals surface area contributed by atoms with E-state index in [0.29, 0.717) is 5.69 Å². The fourth-order valence-electron chi connectivity index (χ4n) is 1.91. The summed E-state index contributed by atoms with van der Waals surface area (Å²) in [4.78, 5) is 25.1. The second-order valence-electron chi connectivity index (χ2n) is 5.12. The minimum atomic E-state index is -0.203. The molecule has 0 aliphatic rings. The van der Waals surface area contributed by atoms with Gasteiger partial charge in [-0.05, 0) is 29.8 Å². The number of para-hydroxylation sites is 1. The summed E-state index contributed by atoms with van der Waals surface area (Å²) in [5.41, 5.74) is 2.28. The van der Waals surface area contributed by atoms with Crippen molar-refractivity contribution in [1.29, 1.82) is 0 Å². The zero-order chi connectivity index (χ0) is 15.9. The lowest BCUT2D eigenvalue weighted by Gasteiger charge is -2.12. The molecule has 0 aliphatic carbocycles. The minimum Gasteiger partial charge on any atom is -0.331 e. The molecule has 3 amide bonds. The molecule has 0 bridgehead atoms. The highest BCUT2D eigenvalue weighted by Crippen LogP contribution is 2.13. The average Bonchev–Trinajstić information content (AvgIpc) is 2.48. The third kappa shape index (κ3) is 4.63. The second-order valence-corrected chi connectivity index (χ2v) is 5.12. The van der Waals surface area contributed by atoms with Crippen LogP contribution in [0.3, 0.4) is 0 Å². The molecule has 2 aromatic rings. The van der Waals surface area contributed by atoms with Gasteiger partial charge in [0.25, 0.3) is 0 Å². The molecule has 0 heterocycles. The van der Waals surface area contributed by atoms with Crippen LogP contribution in [0.5, 0.6) is 0 Å². The molecule has 0 aromatic heterocycles. The maximum Gasteiger partial charge on any atom is 0.321 e. The van der Waals surface area contributed by atoms with Crippen LogP contribution in [0.25, 0.3) is 0 Å². The summed E-state index contributed by atoms with van der Waals surface area (Å²) >= 11 is 0. The van der Waals surface area contributed by atoms with Crippen LogP contribution < -0.4 is 10.6 Å².